The molecule has 34 heavy (non-hydrogen) atoms. The number of likely N-dealkylation sites (N-methyl/N-ethyl adjacent to an activating group) is 1. The number of phenolic OH excluding ortho intramolecular Hbond substituents is 1. The SMILES string of the molecule is CN(C)[C@H]1C(O)C(C(N)=O)C(=O)[C@]2(O)C(=O)C3C(=O)c4c(O)ccc(C#CCO)c4C[C@@H]3C[C@H]12. The number of amides is 1. The maximum absolute atomic E-state index is 13.7. The Morgan fingerprint density at radius 3 is 2.50 bits per heavy atom. The molecule has 7 atom stereocenters. The number of aliphatic hydroxyl groups is 3. The molecule has 2 saturated carbocycles. The normalized spacial score (nSPS) is 34.6. The molecule has 10 nitrogen and oxygen atoms in total. The van der Waals surface area contributed by atoms with Crippen LogP contribution in [0.1, 0.15) is 27.9 Å². The number of aromatic hydroxyl groups is 1. The number of hydrogen-bond acceptors (Lipinski definition) is 9. The summed E-state index contributed by atoms with van der Waals surface area (Å²) in [5.74, 6) is -4.23. The number of phenols is 1. The Morgan fingerprint density at radius 1 is 1.24 bits per heavy atom. The average molecular weight is 470 g/mol. The number of primary amides is 1. The van der Waals surface area contributed by atoms with Gasteiger partial charge in [-0.1, -0.05) is 11.8 Å². The molecule has 180 valence electrons. The fraction of sp³-hybridized carbons (Fsp3) is 0.500. The van der Waals surface area contributed by atoms with E-state index in [1.54, 1.807) is 14.1 Å². The minimum atomic E-state index is -2.69. The molecule has 0 aliphatic heterocycles. The summed E-state index contributed by atoms with van der Waals surface area (Å²) in [4.78, 5) is 53.9. The molecule has 0 radical (unpaired) electrons. The number of Topliss-reactive ketones (excluding diaryl/α,β-unsaturated/α-hetero) is 3. The summed E-state index contributed by atoms with van der Waals surface area (Å²) in [5.41, 5.74) is 3.38. The molecule has 6 N–H and O–H groups in total. The van der Waals surface area contributed by atoms with Gasteiger partial charge >= 0.3 is 0 Å². The number of aliphatic hydroxyl groups excluding tert-OH is 2. The maximum Gasteiger partial charge on any atom is 0.230 e. The molecule has 3 aliphatic carbocycles. The highest BCUT2D eigenvalue weighted by molar-refractivity contribution is 6.25. The molecular weight excluding hydrogens is 444 g/mol. The van der Waals surface area contributed by atoms with E-state index in [-0.39, 0.29) is 24.2 Å². The van der Waals surface area contributed by atoms with Crippen LogP contribution in [0.15, 0.2) is 12.1 Å². The van der Waals surface area contributed by atoms with Gasteiger partial charge in [-0.05, 0) is 50.6 Å². The highest BCUT2D eigenvalue weighted by atomic mass is 16.3. The van der Waals surface area contributed by atoms with Gasteiger partial charge in [0.1, 0.15) is 18.3 Å². The number of carbonyl (C=O) groups excluding carboxylic acids is 4. The van der Waals surface area contributed by atoms with Gasteiger partial charge in [-0.25, -0.2) is 0 Å². The van der Waals surface area contributed by atoms with Gasteiger partial charge in [0, 0.05) is 17.5 Å². The van der Waals surface area contributed by atoms with Crippen molar-refractivity contribution in [2.75, 3.05) is 20.7 Å². The predicted octanol–water partition coefficient (Wildman–Crippen LogP) is -2.00. The van der Waals surface area contributed by atoms with E-state index in [1.807, 2.05) is 0 Å². The number of rotatable bonds is 2. The highest BCUT2D eigenvalue weighted by Crippen LogP contribution is 2.51. The smallest absolute Gasteiger partial charge is 0.230 e. The summed E-state index contributed by atoms with van der Waals surface area (Å²) in [6.45, 7) is -0.408. The largest absolute Gasteiger partial charge is 0.507 e. The van der Waals surface area contributed by atoms with Crippen molar-refractivity contribution in [3.05, 3.63) is 28.8 Å². The minimum Gasteiger partial charge on any atom is -0.507 e. The van der Waals surface area contributed by atoms with Crippen molar-refractivity contribution in [3.8, 4) is 17.6 Å². The van der Waals surface area contributed by atoms with E-state index in [9.17, 15) is 34.5 Å². The van der Waals surface area contributed by atoms with E-state index in [4.69, 9.17) is 10.8 Å². The Bertz CT molecular complexity index is 1170. The standard InChI is InChI=1S/C24H26N2O8/c1-26(2)18-13-9-11-8-12-10(4-3-7-27)5-6-14(28)16(12)19(29)15(11)21(31)24(13,34)22(32)17(20(18)30)23(25)33/h5-6,11,13,15,17-18,20,27-28,30,34H,7-9H2,1-2H3,(H2,25,33)/t11-,13-,15?,17?,18-,20?,24-/m1/s1. The molecule has 0 spiro atoms. The number of carbonyl (C=O) groups is 4. The minimum absolute atomic E-state index is 0.0255. The van der Waals surface area contributed by atoms with Crippen LogP contribution in [0.5, 0.6) is 5.75 Å². The lowest BCUT2D eigenvalue weighted by Crippen LogP contribution is -2.75. The molecule has 0 heterocycles. The van der Waals surface area contributed by atoms with Crippen LogP contribution in [-0.2, 0) is 20.8 Å². The number of fused-ring (bicyclic) bond motifs is 3. The summed E-state index contributed by atoms with van der Waals surface area (Å²) >= 11 is 0. The first-order chi connectivity index (χ1) is 16.0. The van der Waals surface area contributed by atoms with Crippen LogP contribution in [0.25, 0.3) is 0 Å². The summed E-state index contributed by atoms with van der Waals surface area (Å²) in [5, 5.41) is 41.8. The van der Waals surface area contributed by atoms with Gasteiger partial charge in [0.15, 0.2) is 23.0 Å². The van der Waals surface area contributed by atoms with Crippen molar-refractivity contribution < 1.29 is 39.6 Å². The first kappa shape index (κ1) is 24.0. The van der Waals surface area contributed by atoms with Crippen LogP contribution in [-0.4, -0.2) is 87.0 Å². The van der Waals surface area contributed by atoms with E-state index in [0.29, 0.717) is 11.1 Å². The van der Waals surface area contributed by atoms with E-state index < -0.39 is 71.3 Å². The Hall–Kier alpha value is -3.10. The van der Waals surface area contributed by atoms with Gasteiger partial charge in [-0.2, -0.15) is 0 Å². The van der Waals surface area contributed by atoms with E-state index in [0.717, 1.165) is 0 Å². The van der Waals surface area contributed by atoms with Gasteiger partial charge in [0.2, 0.25) is 5.91 Å². The van der Waals surface area contributed by atoms with Crippen LogP contribution in [0.4, 0.5) is 0 Å². The molecule has 1 amide bonds. The van der Waals surface area contributed by atoms with Gasteiger partial charge in [0.25, 0.3) is 0 Å². The zero-order valence-electron chi connectivity index (χ0n) is 18.7. The molecule has 3 aliphatic rings. The first-order valence-electron chi connectivity index (χ1n) is 10.9. The van der Waals surface area contributed by atoms with Crippen molar-refractivity contribution in [1.82, 2.24) is 4.90 Å². The lowest BCUT2D eigenvalue weighted by molar-refractivity contribution is -0.190. The van der Waals surface area contributed by atoms with Crippen LogP contribution in [0.3, 0.4) is 0 Å². The van der Waals surface area contributed by atoms with E-state index in [1.165, 1.54) is 17.0 Å². The zero-order valence-corrected chi connectivity index (χ0v) is 18.7. The third-order valence-electron chi connectivity index (χ3n) is 7.48. The number of ketones is 3. The zero-order chi connectivity index (χ0) is 25.1. The fourth-order valence-corrected chi connectivity index (χ4v) is 6.07. The number of nitrogens with two attached hydrogens (primary N) is 1. The highest BCUT2D eigenvalue weighted by Gasteiger charge is 2.69. The van der Waals surface area contributed by atoms with Gasteiger partial charge in [-0.15, -0.1) is 0 Å². The van der Waals surface area contributed by atoms with Crippen molar-refractivity contribution in [3.63, 3.8) is 0 Å². The molecular formula is C24H26N2O8. The van der Waals surface area contributed by atoms with Crippen LogP contribution >= 0.6 is 0 Å². The summed E-state index contributed by atoms with van der Waals surface area (Å²) in [7, 11) is 3.17. The molecule has 0 bridgehead atoms. The predicted molar refractivity (Wildman–Crippen MR) is 116 cm³/mol. The molecule has 2 fully saturated rings. The topological polar surface area (TPSA) is 178 Å². The van der Waals surface area contributed by atoms with Gasteiger partial charge < -0.3 is 31.1 Å². The second-order valence-corrected chi connectivity index (χ2v) is 9.41. The Labute approximate surface area is 195 Å². The molecule has 3 unspecified atom stereocenters. The molecule has 4 rings (SSSR count). The molecule has 0 saturated heterocycles. The summed E-state index contributed by atoms with van der Waals surface area (Å²) in [6.07, 6.45) is -1.37. The molecule has 0 aromatic heterocycles. The van der Waals surface area contributed by atoms with Crippen molar-refractivity contribution in [2.24, 2.45) is 29.4 Å². The average Bonchev–Trinajstić information content (AvgIpc) is 2.75. The first-order valence-corrected chi connectivity index (χ1v) is 10.9. The monoisotopic (exact) mass is 470 g/mol. The number of nitrogens with zero attached hydrogens (tertiary/aromatic N) is 1. The third kappa shape index (κ3) is 3.20. The summed E-state index contributed by atoms with van der Waals surface area (Å²) < 4.78 is 0. The van der Waals surface area contributed by atoms with Crippen LogP contribution in [0, 0.1) is 35.5 Å². The second kappa shape index (κ2) is 8.29. The lowest BCUT2D eigenvalue weighted by Gasteiger charge is -2.54. The maximum atomic E-state index is 13.7. The lowest BCUT2D eigenvalue weighted by atomic mass is 9.52. The second-order valence-electron chi connectivity index (χ2n) is 9.41. The Balaban J connectivity index is 1.87. The quantitative estimate of drug-likeness (QED) is 0.241. The Kier molecular flexibility index (Phi) is 5.86. The van der Waals surface area contributed by atoms with Gasteiger partial charge in [-0.3, -0.25) is 19.2 Å². The molecule has 1 aromatic carbocycles. The van der Waals surface area contributed by atoms with E-state index >= 15 is 0 Å². The number of hydrogen-bond donors (Lipinski definition) is 5. The Morgan fingerprint density at radius 2 is 1.91 bits per heavy atom. The van der Waals surface area contributed by atoms with Crippen molar-refractivity contribution >= 4 is 23.3 Å². The fourth-order valence-electron chi connectivity index (χ4n) is 6.07. The van der Waals surface area contributed by atoms with Crippen molar-refractivity contribution in [2.45, 2.75) is 30.6 Å². The van der Waals surface area contributed by atoms with Crippen LogP contribution in [0.2, 0.25) is 0 Å². The number of benzene rings is 1. The third-order valence-corrected chi connectivity index (χ3v) is 7.48. The van der Waals surface area contributed by atoms with Crippen LogP contribution < -0.4 is 5.73 Å². The molecule has 1 aromatic rings. The molecule has 10 heteroatoms. The van der Waals surface area contributed by atoms with E-state index in [2.05, 4.69) is 11.8 Å². The summed E-state index contributed by atoms with van der Waals surface area (Å²) in [6, 6.07) is 1.81. The van der Waals surface area contributed by atoms with Crippen molar-refractivity contribution in [1.29, 1.82) is 0 Å². The van der Waals surface area contributed by atoms with Gasteiger partial charge in [0.05, 0.1) is 17.6 Å².